The highest BCUT2D eigenvalue weighted by molar-refractivity contribution is 6.62. The molecule has 0 unspecified atom stereocenters. The summed E-state index contributed by atoms with van der Waals surface area (Å²) in [5.74, 6) is 0. The van der Waals surface area contributed by atoms with Gasteiger partial charge in [0.25, 0.3) is 5.69 Å². The highest BCUT2D eigenvalue weighted by Crippen LogP contribution is 2.36. The first-order valence-electron chi connectivity index (χ1n) is 6.41. The van der Waals surface area contributed by atoms with Gasteiger partial charge in [-0.05, 0) is 38.7 Å². The molecule has 0 bridgehead atoms. The van der Waals surface area contributed by atoms with E-state index in [0.29, 0.717) is 11.0 Å². The predicted molar refractivity (Wildman–Crippen MR) is 74.7 cm³/mol. The van der Waals surface area contributed by atoms with Gasteiger partial charge in [0.05, 0.1) is 22.7 Å². The van der Waals surface area contributed by atoms with Crippen molar-refractivity contribution in [2.75, 3.05) is 0 Å². The first-order valence-corrected chi connectivity index (χ1v) is 6.41. The summed E-state index contributed by atoms with van der Waals surface area (Å²) in [6, 6.07) is 4.28. The van der Waals surface area contributed by atoms with Crippen molar-refractivity contribution in [1.82, 2.24) is 0 Å². The second-order valence-electron chi connectivity index (χ2n) is 5.89. The normalized spacial score (nSPS) is 20.1. The number of nitro groups is 1. The van der Waals surface area contributed by atoms with Gasteiger partial charge in [0.15, 0.2) is 0 Å². The third-order valence-electron chi connectivity index (χ3n) is 4.02. The first-order chi connectivity index (χ1) is 9.18. The minimum absolute atomic E-state index is 0.0492. The quantitative estimate of drug-likeness (QED) is 0.513. The lowest BCUT2D eigenvalue weighted by Crippen LogP contribution is -2.41. The van der Waals surface area contributed by atoms with Crippen molar-refractivity contribution in [3.8, 4) is 0 Å². The number of hydrogen-bond acceptors (Lipinski definition) is 5. The van der Waals surface area contributed by atoms with Crippen molar-refractivity contribution in [3.05, 3.63) is 33.9 Å². The molecule has 0 radical (unpaired) electrons. The van der Waals surface area contributed by atoms with Crippen molar-refractivity contribution in [2.24, 2.45) is 0 Å². The van der Waals surface area contributed by atoms with Crippen molar-refractivity contribution in [1.29, 1.82) is 0 Å². The van der Waals surface area contributed by atoms with Crippen molar-refractivity contribution < 1.29 is 19.3 Å². The summed E-state index contributed by atoms with van der Waals surface area (Å²) in [5.41, 5.74) is -0.0503. The van der Waals surface area contributed by atoms with Gasteiger partial charge in [0.1, 0.15) is 0 Å². The number of rotatable bonds is 3. The Kier molecular flexibility index (Phi) is 3.62. The van der Waals surface area contributed by atoms with Gasteiger partial charge in [0, 0.05) is 12.1 Å². The van der Waals surface area contributed by atoms with Gasteiger partial charge in [-0.1, -0.05) is 6.07 Å². The molecule has 1 aliphatic rings. The fourth-order valence-corrected chi connectivity index (χ4v) is 2.03. The number of nitro benzene ring substituents is 1. The van der Waals surface area contributed by atoms with E-state index < -0.39 is 23.2 Å². The highest BCUT2D eigenvalue weighted by Gasteiger charge is 2.52. The monoisotopic (exact) mass is 279 g/mol. The number of nitrogens with zero attached hydrogens (tertiary/aromatic N) is 1. The molecule has 6 nitrogen and oxygen atoms in total. The molecule has 108 valence electrons. The summed E-state index contributed by atoms with van der Waals surface area (Å²) in [6.45, 7) is 7.40. The number of aliphatic hydroxyl groups is 1. The van der Waals surface area contributed by atoms with Crippen LogP contribution in [-0.4, -0.2) is 28.4 Å². The average Bonchev–Trinajstić information content (AvgIpc) is 2.57. The van der Waals surface area contributed by atoms with Gasteiger partial charge < -0.3 is 14.4 Å². The van der Waals surface area contributed by atoms with Gasteiger partial charge in [-0.25, -0.2) is 0 Å². The van der Waals surface area contributed by atoms with Crippen LogP contribution >= 0.6 is 0 Å². The number of aliphatic hydroxyl groups excluding tert-OH is 1. The molecule has 1 aromatic rings. The average molecular weight is 279 g/mol. The number of hydrogen-bond donors (Lipinski definition) is 1. The lowest BCUT2D eigenvalue weighted by atomic mass is 9.76. The molecule has 0 spiro atoms. The Hall–Kier alpha value is -1.44. The lowest BCUT2D eigenvalue weighted by molar-refractivity contribution is -0.384. The van der Waals surface area contributed by atoms with E-state index in [-0.39, 0.29) is 12.3 Å². The molecule has 1 fully saturated rings. The van der Waals surface area contributed by atoms with E-state index in [1.807, 2.05) is 27.7 Å². The van der Waals surface area contributed by atoms with Crippen molar-refractivity contribution >= 4 is 18.3 Å². The predicted octanol–water partition coefficient (Wildman–Crippen LogP) is 1.39. The maximum Gasteiger partial charge on any atom is 0.495 e. The smallest absolute Gasteiger partial charge is 0.399 e. The molecule has 2 rings (SSSR count). The van der Waals surface area contributed by atoms with E-state index in [0.717, 1.165) is 0 Å². The molecule has 1 saturated heterocycles. The zero-order valence-electron chi connectivity index (χ0n) is 12.0. The second kappa shape index (κ2) is 4.84. The van der Waals surface area contributed by atoms with Gasteiger partial charge >= 0.3 is 7.12 Å². The molecular weight excluding hydrogens is 261 g/mol. The van der Waals surface area contributed by atoms with Gasteiger partial charge in [-0.15, -0.1) is 0 Å². The van der Waals surface area contributed by atoms with Crippen LogP contribution in [0.15, 0.2) is 18.2 Å². The van der Waals surface area contributed by atoms with Crippen molar-refractivity contribution in [3.63, 3.8) is 0 Å². The van der Waals surface area contributed by atoms with Crippen LogP contribution in [-0.2, 0) is 15.9 Å². The summed E-state index contributed by atoms with van der Waals surface area (Å²) in [5, 5.41) is 20.3. The topological polar surface area (TPSA) is 81.8 Å². The third-order valence-corrected chi connectivity index (χ3v) is 4.02. The van der Waals surface area contributed by atoms with E-state index in [9.17, 15) is 15.2 Å². The molecule has 1 aliphatic heterocycles. The minimum atomic E-state index is -0.720. The lowest BCUT2D eigenvalue weighted by Gasteiger charge is -2.32. The van der Waals surface area contributed by atoms with Crippen LogP contribution in [0.2, 0.25) is 0 Å². The summed E-state index contributed by atoms with van der Waals surface area (Å²) in [7, 11) is -0.720. The Balaban J connectivity index is 2.43. The summed E-state index contributed by atoms with van der Waals surface area (Å²) in [6.07, 6.45) is 0. The Morgan fingerprint density at radius 2 is 1.80 bits per heavy atom. The maximum absolute atomic E-state index is 10.9. The molecule has 0 saturated carbocycles. The van der Waals surface area contributed by atoms with E-state index in [2.05, 4.69) is 0 Å². The number of benzene rings is 1. The third kappa shape index (κ3) is 2.44. The molecule has 0 amide bonds. The molecular formula is C13H18BNO5. The van der Waals surface area contributed by atoms with E-state index in [1.54, 1.807) is 0 Å². The van der Waals surface area contributed by atoms with Gasteiger partial charge in [-0.2, -0.15) is 0 Å². The van der Waals surface area contributed by atoms with Crippen LogP contribution in [0.25, 0.3) is 0 Å². The standard InChI is InChI=1S/C13H18BNO5/c1-12(2)13(3,4)20-14(19-12)11-7-10(15(17)18)6-5-9(11)8-16/h5-7,16H,8H2,1-4H3. The fourth-order valence-electron chi connectivity index (χ4n) is 2.03. The first kappa shape index (κ1) is 15.0. The molecule has 7 heteroatoms. The fraction of sp³-hybridized carbons (Fsp3) is 0.538. The maximum atomic E-state index is 10.9. The van der Waals surface area contributed by atoms with Gasteiger partial charge in [-0.3, -0.25) is 10.1 Å². The van der Waals surface area contributed by atoms with Crippen LogP contribution in [0.3, 0.4) is 0 Å². The Labute approximate surface area is 118 Å². The van der Waals surface area contributed by atoms with Crippen LogP contribution in [0, 0.1) is 10.1 Å². The van der Waals surface area contributed by atoms with Crippen LogP contribution in [0.4, 0.5) is 5.69 Å². The minimum Gasteiger partial charge on any atom is -0.399 e. The van der Waals surface area contributed by atoms with Crippen LogP contribution in [0.5, 0.6) is 0 Å². The van der Waals surface area contributed by atoms with E-state index in [1.165, 1.54) is 18.2 Å². The van der Waals surface area contributed by atoms with E-state index >= 15 is 0 Å². The molecule has 0 aromatic heterocycles. The van der Waals surface area contributed by atoms with Crippen molar-refractivity contribution in [2.45, 2.75) is 45.5 Å². The SMILES string of the molecule is CC1(C)OB(c2cc([N+](=O)[O-])ccc2CO)OC1(C)C. The molecule has 1 aromatic carbocycles. The van der Waals surface area contributed by atoms with Crippen LogP contribution < -0.4 is 5.46 Å². The molecule has 1 N–H and O–H groups in total. The summed E-state index contributed by atoms with van der Waals surface area (Å²) < 4.78 is 11.7. The van der Waals surface area contributed by atoms with Crippen LogP contribution in [0.1, 0.15) is 33.3 Å². The zero-order chi connectivity index (χ0) is 15.1. The second-order valence-corrected chi connectivity index (χ2v) is 5.89. The summed E-state index contributed by atoms with van der Waals surface area (Å²) >= 11 is 0. The largest absolute Gasteiger partial charge is 0.495 e. The molecule has 20 heavy (non-hydrogen) atoms. The molecule has 0 atom stereocenters. The molecule has 1 heterocycles. The zero-order valence-corrected chi connectivity index (χ0v) is 12.0. The Morgan fingerprint density at radius 3 is 2.25 bits per heavy atom. The molecule has 0 aliphatic carbocycles. The highest BCUT2D eigenvalue weighted by atomic mass is 16.7. The Morgan fingerprint density at radius 1 is 1.25 bits per heavy atom. The Bertz CT molecular complexity index is 528. The van der Waals surface area contributed by atoms with Gasteiger partial charge in [0.2, 0.25) is 0 Å². The van der Waals surface area contributed by atoms with E-state index in [4.69, 9.17) is 9.31 Å². The number of non-ortho nitro benzene ring substituents is 1. The summed E-state index contributed by atoms with van der Waals surface area (Å²) in [4.78, 5) is 10.4.